The van der Waals surface area contributed by atoms with Gasteiger partial charge in [0.1, 0.15) is 5.76 Å². The highest BCUT2D eigenvalue weighted by molar-refractivity contribution is 5.85. The van der Waals surface area contributed by atoms with Crippen LogP contribution in [0.1, 0.15) is 24.2 Å². The van der Waals surface area contributed by atoms with Crippen LogP contribution in [0.4, 0.5) is 0 Å². The lowest BCUT2D eigenvalue weighted by Crippen LogP contribution is -2.40. The SMILES string of the molecule is O=C(NCc1ccco1)C1CCN(Cc2cccc3ccccc23)CC1. The zero-order valence-corrected chi connectivity index (χ0v) is 14.9. The minimum Gasteiger partial charge on any atom is -0.467 e. The molecule has 1 N–H and O–H groups in total. The molecule has 1 aliphatic heterocycles. The van der Waals surface area contributed by atoms with E-state index in [0.29, 0.717) is 6.54 Å². The van der Waals surface area contributed by atoms with Crippen molar-refractivity contribution >= 4 is 16.7 Å². The van der Waals surface area contributed by atoms with Gasteiger partial charge in [0.2, 0.25) is 5.91 Å². The summed E-state index contributed by atoms with van der Waals surface area (Å²) < 4.78 is 5.27. The maximum absolute atomic E-state index is 12.4. The molecule has 2 aromatic carbocycles. The molecule has 1 aromatic heterocycles. The summed E-state index contributed by atoms with van der Waals surface area (Å²) in [6.07, 6.45) is 3.46. The van der Waals surface area contributed by atoms with Gasteiger partial charge >= 0.3 is 0 Å². The van der Waals surface area contributed by atoms with Crippen LogP contribution in [-0.2, 0) is 17.9 Å². The zero-order chi connectivity index (χ0) is 17.8. The Labute approximate surface area is 153 Å². The van der Waals surface area contributed by atoms with Crippen LogP contribution in [0.3, 0.4) is 0 Å². The number of hydrogen-bond acceptors (Lipinski definition) is 3. The fourth-order valence-electron chi connectivity index (χ4n) is 3.76. The summed E-state index contributed by atoms with van der Waals surface area (Å²) in [7, 11) is 0. The highest BCUT2D eigenvalue weighted by Gasteiger charge is 2.25. The first-order valence-electron chi connectivity index (χ1n) is 9.29. The summed E-state index contributed by atoms with van der Waals surface area (Å²) in [6, 6.07) is 18.8. The molecule has 0 unspecified atom stereocenters. The molecule has 3 aromatic rings. The summed E-state index contributed by atoms with van der Waals surface area (Å²) in [5.74, 6) is 1.05. The molecule has 0 bridgehead atoms. The predicted octanol–water partition coefficient (Wildman–Crippen LogP) is 3.96. The molecule has 2 heterocycles. The third kappa shape index (κ3) is 3.81. The monoisotopic (exact) mass is 348 g/mol. The topological polar surface area (TPSA) is 45.5 Å². The molecule has 4 rings (SSSR count). The van der Waals surface area contributed by atoms with Crippen LogP contribution in [0.5, 0.6) is 0 Å². The molecule has 1 amide bonds. The van der Waals surface area contributed by atoms with Crippen LogP contribution in [0, 0.1) is 5.92 Å². The number of amides is 1. The largest absolute Gasteiger partial charge is 0.467 e. The lowest BCUT2D eigenvalue weighted by atomic mass is 9.95. The van der Waals surface area contributed by atoms with Crippen LogP contribution >= 0.6 is 0 Å². The van der Waals surface area contributed by atoms with Gasteiger partial charge in [0.05, 0.1) is 12.8 Å². The van der Waals surface area contributed by atoms with Gasteiger partial charge in [-0.3, -0.25) is 9.69 Å². The van der Waals surface area contributed by atoms with Gasteiger partial charge in [0.15, 0.2) is 0 Å². The molecule has 4 heteroatoms. The second-order valence-corrected chi connectivity index (χ2v) is 6.99. The van der Waals surface area contributed by atoms with Gasteiger partial charge in [-0.2, -0.15) is 0 Å². The molecule has 0 atom stereocenters. The van der Waals surface area contributed by atoms with E-state index in [1.54, 1.807) is 6.26 Å². The van der Waals surface area contributed by atoms with Crippen molar-refractivity contribution in [3.05, 3.63) is 72.2 Å². The molecule has 1 aliphatic rings. The molecule has 0 spiro atoms. The smallest absolute Gasteiger partial charge is 0.223 e. The van der Waals surface area contributed by atoms with E-state index in [4.69, 9.17) is 4.42 Å². The number of carbonyl (C=O) groups is 1. The number of benzene rings is 2. The van der Waals surface area contributed by atoms with Crippen LogP contribution in [-0.4, -0.2) is 23.9 Å². The van der Waals surface area contributed by atoms with E-state index in [0.717, 1.165) is 38.2 Å². The Hall–Kier alpha value is -2.59. The highest BCUT2D eigenvalue weighted by Crippen LogP contribution is 2.23. The number of likely N-dealkylation sites (tertiary alicyclic amines) is 1. The number of rotatable bonds is 5. The summed E-state index contributed by atoms with van der Waals surface area (Å²) in [6.45, 7) is 3.34. The van der Waals surface area contributed by atoms with E-state index in [-0.39, 0.29) is 11.8 Å². The molecule has 0 saturated carbocycles. The molecule has 0 aliphatic carbocycles. The standard InChI is InChI=1S/C22H24N2O2/c25-22(23-15-20-8-4-14-26-20)18-10-12-24(13-11-18)16-19-7-3-6-17-5-1-2-9-21(17)19/h1-9,14,18H,10-13,15-16H2,(H,23,25). The number of nitrogens with one attached hydrogen (secondary N) is 1. The maximum Gasteiger partial charge on any atom is 0.223 e. The minimum absolute atomic E-state index is 0.105. The quantitative estimate of drug-likeness (QED) is 0.759. The van der Waals surface area contributed by atoms with E-state index in [9.17, 15) is 4.79 Å². The van der Waals surface area contributed by atoms with Crippen molar-refractivity contribution < 1.29 is 9.21 Å². The summed E-state index contributed by atoms with van der Waals surface area (Å²) in [5.41, 5.74) is 1.36. The number of hydrogen-bond donors (Lipinski definition) is 1. The molecule has 1 fully saturated rings. The number of fused-ring (bicyclic) bond motifs is 1. The average molecular weight is 348 g/mol. The Kier molecular flexibility index (Phi) is 5.02. The van der Waals surface area contributed by atoms with Gasteiger partial charge in [-0.15, -0.1) is 0 Å². The van der Waals surface area contributed by atoms with E-state index < -0.39 is 0 Å². The van der Waals surface area contributed by atoms with Gasteiger partial charge in [0, 0.05) is 12.5 Å². The Morgan fingerprint density at radius 3 is 2.65 bits per heavy atom. The van der Waals surface area contributed by atoms with Crippen molar-refractivity contribution in [1.29, 1.82) is 0 Å². The van der Waals surface area contributed by atoms with Crippen molar-refractivity contribution in [3.8, 4) is 0 Å². The van der Waals surface area contributed by atoms with Crippen molar-refractivity contribution in [2.45, 2.75) is 25.9 Å². The predicted molar refractivity (Wildman–Crippen MR) is 103 cm³/mol. The van der Waals surface area contributed by atoms with E-state index >= 15 is 0 Å². The van der Waals surface area contributed by atoms with Crippen LogP contribution < -0.4 is 5.32 Å². The lowest BCUT2D eigenvalue weighted by Gasteiger charge is -2.31. The van der Waals surface area contributed by atoms with Crippen LogP contribution in [0.2, 0.25) is 0 Å². The van der Waals surface area contributed by atoms with Gasteiger partial charge in [-0.1, -0.05) is 42.5 Å². The Morgan fingerprint density at radius 2 is 1.85 bits per heavy atom. The molecule has 26 heavy (non-hydrogen) atoms. The summed E-state index contributed by atoms with van der Waals surface area (Å²) in [5, 5.41) is 5.61. The third-order valence-electron chi connectivity index (χ3n) is 5.25. The Bertz CT molecular complexity index is 859. The molecular formula is C22H24N2O2. The maximum atomic E-state index is 12.4. The fourth-order valence-corrected chi connectivity index (χ4v) is 3.76. The van der Waals surface area contributed by atoms with Crippen molar-refractivity contribution in [2.75, 3.05) is 13.1 Å². The Balaban J connectivity index is 1.31. The molecule has 4 nitrogen and oxygen atoms in total. The Morgan fingerprint density at radius 1 is 1.04 bits per heavy atom. The van der Waals surface area contributed by atoms with Crippen molar-refractivity contribution in [1.82, 2.24) is 10.2 Å². The zero-order valence-electron chi connectivity index (χ0n) is 14.9. The lowest BCUT2D eigenvalue weighted by molar-refractivity contribution is -0.126. The molecule has 134 valence electrons. The van der Waals surface area contributed by atoms with E-state index in [1.807, 2.05) is 12.1 Å². The molecular weight excluding hydrogens is 324 g/mol. The first-order valence-corrected chi connectivity index (χ1v) is 9.29. The van der Waals surface area contributed by atoms with Gasteiger partial charge in [-0.25, -0.2) is 0 Å². The number of nitrogens with zero attached hydrogens (tertiary/aromatic N) is 1. The average Bonchev–Trinajstić information content (AvgIpc) is 3.21. The van der Waals surface area contributed by atoms with Gasteiger partial charge < -0.3 is 9.73 Å². The summed E-state index contributed by atoms with van der Waals surface area (Å²) in [4.78, 5) is 14.8. The number of furan rings is 1. The second kappa shape index (κ2) is 7.75. The van der Waals surface area contributed by atoms with Crippen molar-refractivity contribution in [2.24, 2.45) is 5.92 Å². The number of carbonyl (C=O) groups excluding carboxylic acids is 1. The van der Waals surface area contributed by atoms with E-state index in [1.165, 1.54) is 16.3 Å². The van der Waals surface area contributed by atoms with Crippen LogP contribution in [0.25, 0.3) is 10.8 Å². The normalized spacial score (nSPS) is 16.0. The first kappa shape index (κ1) is 16.9. The highest BCUT2D eigenvalue weighted by atomic mass is 16.3. The fraction of sp³-hybridized carbons (Fsp3) is 0.318. The first-order chi connectivity index (χ1) is 12.8. The third-order valence-corrected chi connectivity index (χ3v) is 5.25. The van der Waals surface area contributed by atoms with Gasteiger partial charge in [0.25, 0.3) is 0 Å². The van der Waals surface area contributed by atoms with Gasteiger partial charge in [-0.05, 0) is 54.4 Å². The molecule has 0 radical (unpaired) electrons. The van der Waals surface area contributed by atoms with E-state index in [2.05, 4.69) is 52.7 Å². The number of piperidine rings is 1. The van der Waals surface area contributed by atoms with Crippen molar-refractivity contribution in [3.63, 3.8) is 0 Å². The second-order valence-electron chi connectivity index (χ2n) is 6.99. The summed E-state index contributed by atoms with van der Waals surface area (Å²) >= 11 is 0. The van der Waals surface area contributed by atoms with Crippen LogP contribution in [0.15, 0.2) is 65.3 Å². The molecule has 1 saturated heterocycles. The minimum atomic E-state index is 0.105.